The molecule has 0 radical (unpaired) electrons. The van der Waals surface area contributed by atoms with Gasteiger partial charge in [-0.25, -0.2) is 4.99 Å². The molecule has 1 aromatic carbocycles. The third-order valence-corrected chi connectivity index (χ3v) is 8.27. The van der Waals surface area contributed by atoms with Crippen molar-refractivity contribution in [3.05, 3.63) is 40.8 Å². The Labute approximate surface area is 226 Å². The van der Waals surface area contributed by atoms with E-state index in [2.05, 4.69) is 49.3 Å². The molecule has 2 aromatic rings. The van der Waals surface area contributed by atoms with Crippen LogP contribution in [0.4, 0.5) is 16.4 Å². The highest BCUT2D eigenvalue weighted by Gasteiger charge is 2.35. The molecule has 2 aliphatic rings. The lowest BCUT2D eigenvalue weighted by molar-refractivity contribution is -0.929. The Bertz CT molecular complexity index is 1070. The third-order valence-electron chi connectivity index (χ3n) is 7.31. The van der Waals surface area contributed by atoms with Crippen molar-refractivity contribution >= 4 is 39.5 Å². The minimum absolute atomic E-state index is 0. The fourth-order valence-corrected chi connectivity index (χ4v) is 5.70. The van der Waals surface area contributed by atoms with Crippen LogP contribution in [0.5, 0.6) is 0 Å². The van der Waals surface area contributed by atoms with Gasteiger partial charge in [-0.05, 0) is 45.4 Å². The molecule has 6 nitrogen and oxygen atoms in total. The molecule has 0 spiro atoms. The minimum Gasteiger partial charge on any atom is -1.00 e. The van der Waals surface area contributed by atoms with Crippen LogP contribution in [0, 0.1) is 12.3 Å². The molecule has 198 valence electrons. The van der Waals surface area contributed by atoms with Gasteiger partial charge < -0.3 is 27.4 Å². The highest BCUT2D eigenvalue weighted by molar-refractivity contribution is 7.16. The van der Waals surface area contributed by atoms with Crippen LogP contribution in [0.2, 0.25) is 0 Å². The van der Waals surface area contributed by atoms with E-state index in [1.54, 1.807) is 11.3 Å². The predicted octanol–water partition coefficient (Wildman–Crippen LogP) is 3.46. The van der Waals surface area contributed by atoms with Gasteiger partial charge in [0, 0.05) is 4.88 Å². The molecule has 1 N–H and O–H groups in total. The summed E-state index contributed by atoms with van der Waals surface area (Å²) in [6.07, 6.45) is 5.60. The van der Waals surface area contributed by atoms with Gasteiger partial charge in [0.2, 0.25) is 6.73 Å². The Kier molecular flexibility index (Phi) is 9.47. The molecule has 0 unspecified atom stereocenters. The van der Waals surface area contributed by atoms with Crippen molar-refractivity contribution in [3.63, 3.8) is 0 Å². The highest BCUT2D eigenvalue weighted by atomic mass is 35.5. The number of carbonyl (C=O) groups excluding carboxylic acids is 1. The number of likely N-dealkylation sites (N-methyl/N-ethyl adjacent to an activating group) is 1. The van der Waals surface area contributed by atoms with Crippen LogP contribution in [0.15, 0.2) is 35.3 Å². The van der Waals surface area contributed by atoms with Crippen LogP contribution in [0.1, 0.15) is 63.3 Å². The lowest BCUT2D eigenvalue weighted by Gasteiger charge is -2.42. The van der Waals surface area contributed by atoms with E-state index in [4.69, 9.17) is 9.73 Å². The maximum Gasteiger partial charge on any atom is 0.315 e. The van der Waals surface area contributed by atoms with Gasteiger partial charge in [-0.15, -0.1) is 11.3 Å². The zero-order valence-electron chi connectivity index (χ0n) is 22.4. The van der Waals surface area contributed by atoms with E-state index in [0.717, 1.165) is 65.7 Å². The number of quaternary nitrogens is 1. The van der Waals surface area contributed by atoms with Crippen molar-refractivity contribution in [1.82, 2.24) is 4.90 Å². The number of hydrogen-bond acceptors (Lipinski definition) is 6. The number of nitrogens with one attached hydrogen (secondary N) is 1. The van der Waals surface area contributed by atoms with Crippen molar-refractivity contribution in [2.24, 2.45) is 10.4 Å². The number of benzene rings is 1. The fourth-order valence-electron chi connectivity index (χ4n) is 4.78. The maximum atomic E-state index is 12.9. The van der Waals surface area contributed by atoms with Crippen molar-refractivity contribution in [2.45, 2.75) is 59.8 Å². The zero-order valence-corrected chi connectivity index (χ0v) is 24.0. The second-order valence-corrected chi connectivity index (χ2v) is 12.2. The van der Waals surface area contributed by atoms with Gasteiger partial charge >= 0.3 is 5.97 Å². The molecule has 0 atom stereocenters. The predicted molar refractivity (Wildman–Crippen MR) is 146 cm³/mol. The number of anilines is 2. The average molecular weight is 533 g/mol. The summed E-state index contributed by atoms with van der Waals surface area (Å²) in [5.74, 6) is 0.975. The summed E-state index contributed by atoms with van der Waals surface area (Å²) < 4.78 is 6.63. The number of ether oxygens (including phenoxy) is 1. The molecule has 1 aromatic heterocycles. The maximum absolute atomic E-state index is 12.9. The molecular formula is C28H41ClN4O2S. The van der Waals surface area contributed by atoms with Crippen molar-refractivity contribution in [2.75, 3.05) is 45.3 Å². The number of aliphatic imine (C=N–C) groups is 1. The zero-order chi connectivity index (χ0) is 25.1. The first kappa shape index (κ1) is 28.5. The number of amidine groups is 1. The molecule has 0 saturated carbocycles. The Hall–Kier alpha value is -2.09. The molecule has 1 saturated heterocycles. The van der Waals surface area contributed by atoms with Gasteiger partial charge in [0.05, 0.1) is 55.6 Å². The Morgan fingerprint density at radius 3 is 2.64 bits per heavy atom. The monoisotopic (exact) mass is 532 g/mol. The van der Waals surface area contributed by atoms with Gasteiger partial charge in [0.25, 0.3) is 0 Å². The smallest absolute Gasteiger partial charge is 0.315 e. The summed E-state index contributed by atoms with van der Waals surface area (Å²) in [6.45, 7) is 12.4. The van der Waals surface area contributed by atoms with Crippen molar-refractivity contribution in [3.8, 4) is 0 Å². The van der Waals surface area contributed by atoms with Crippen LogP contribution in [-0.4, -0.2) is 61.1 Å². The number of unbranched alkanes of at least 4 members (excludes halogenated alkanes) is 3. The summed E-state index contributed by atoms with van der Waals surface area (Å²) in [6, 6.07) is 10.5. The van der Waals surface area contributed by atoms with Gasteiger partial charge in [-0.2, -0.15) is 0 Å². The molecule has 3 heterocycles. The largest absolute Gasteiger partial charge is 1.00 e. The number of thiophene rings is 1. The lowest BCUT2D eigenvalue weighted by atomic mass is 9.87. The molecule has 0 aliphatic carbocycles. The van der Waals surface area contributed by atoms with Crippen LogP contribution >= 0.6 is 11.3 Å². The summed E-state index contributed by atoms with van der Waals surface area (Å²) >= 11 is 1.78. The number of halogens is 1. The van der Waals surface area contributed by atoms with Crippen molar-refractivity contribution < 1.29 is 26.4 Å². The standard InChI is InChI=1S/C28H41N4O2S.ClH/c1-6-7-8-11-14-28(3,4)27(33)34-20-32(5)17-15-31(16-18-32)25-22-19-21(2)35-26(22)30-24-13-10-9-12-23(24)29-25;/h9-10,12-13,19,30H,6-8,11,14-18,20H2,1-5H3;1H/q+1;/p-1. The van der Waals surface area contributed by atoms with Crippen LogP contribution in [0.3, 0.4) is 0 Å². The molecule has 1 fully saturated rings. The molecule has 0 bridgehead atoms. The van der Waals surface area contributed by atoms with Crippen LogP contribution < -0.4 is 17.7 Å². The first-order chi connectivity index (χ1) is 16.7. The second-order valence-electron chi connectivity index (χ2n) is 11.0. The van der Waals surface area contributed by atoms with E-state index in [-0.39, 0.29) is 18.4 Å². The van der Waals surface area contributed by atoms with Crippen LogP contribution in [-0.2, 0) is 9.53 Å². The van der Waals surface area contributed by atoms with E-state index in [1.807, 2.05) is 26.0 Å². The van der Waals surface area contributed by atoms with Gasteiger partial charge in [0.15, 0.2) is 0 Å². The number of fused-ring (bicyclic) bond motifs is 2. The first-order valence-electron chi connectivity index (χ1n) is 13.0. The second kappa shape index (κ2) is 12.0. The minimum atomic E-state index is -0.419. The SMILES string of the molecule is CCCCCCC(C)(C)C(=O)OC[N+]1(C)CCN(C2=Nc3ccccc3Nc3sc(C)cc32)CC1.[Cl-]. The Morgan fingerprint density at radius 2 is 1.92 bits per heavy atom. The number of para-hydroxylation sites is 2. The molecule has 4 rings (SSSR count). The molecule has 0 amide bonds. The number of piperazine rings is 1. The van der Waals surface area contributed by atoms with E-state index >= 15 is 0 Å². The summed E-state index contributed by atoms with van der Waals surface area (Å²) in [4.78, 5) is 21.6. The van der Waals surface area contributed by atoms with Gasteiger partial charge in [-0.3, -0.25) is 9.28 Å². The van der Waals surface area contributed by atoms with E-state index in [9.17, 15) is 4.79 Å². The summed E-state index contributed by atoms with van der Waals surface area (Å²) in [5.41, 5.74) is 2.78. The number of rotatable bonds is 8. The van der Waals surface area contributed by atoms with Gasteiger partial charge in [0.1, 0.15) is 10.8 Å². The topological polar surface area (TPSA) is 53.9 Å². The fraction of sp³-hybridized carbons (Fsp3) is 0.571. The Balaban J connectivity index is 0.00000361. The van der Waals surface area contributed by atoms with Crippen LogP contribution in [0.25, 0.3) is 0 Å². The number of aryl methyl sites for hydroxylation is 1. The number of carbonyl (C=O) groups is 1. The summed E-state index contributed by atoms with van der Waals surface area (Å²) in [5, 5.41) is 4.75. The van der Waals surface area contributed by atoms with E-state index in [1.165, 1.54) is 29.7 Å². The van der Waals surface area contributed by atoms with Gasteiger partial charge in [-0.1, -0.05) is 44.7 Å². The number of hydrogen-bond donors (Lipinski definition) is 1. The summed E-state index contributed by atoms with van der Waals surface area (Å²) in [7, 11) is 2.20. The lowest BCUT2D eigenvalue weighted by Crippen LogP contribution is -3.00. The third kappa shape index (κ3) is 6.61. The number of esters is 1. The molecule has 8 heteroatoms. The normalized spacial score (nSPS) is 16.6. The molecule has 36 heavy (non-hydrogen) atoms. The quantitative estimate of drug-likeness (QED) is 0.321. The highest BCUT2D eigenvalue weighted by Crippen LogP contribution is 2.39. The number of nitrogens with zero attached hydrogens (tertiary/aromatic N) is 3. The van der Waals surface area contributed by atoms with Crippen molar-refractivity contribution in [1.29, 1.82) is 0 Å². The van der Waals surface area contributed by atoms with E-state index in [0.29, 0.717) is 6.73 Å². The average Bonchev–Trinajstić information content (AvgIpc) is 3.12. The molecular weight excluding hydrogens is 492 g/mol. The Morgan fingerprint density at radius 1 is 1.19 bits per heavy atom. The first-order valence-corrected chi connectivity index (χ1v) is 13.8. The molecule has 2 aliphatic heterocycles. The van der Waals surface area contributed by atoms with E-state index < -0.39 is 5.41 Å².